The maximum Gasteiger partial charge on any atom is 0.224 e. The van der Waals surface area contributed by atoms with Crippen molar-refractivity contribution in [2.24, 2.45) is 17.8 Å². The second-order valence-electron chi connectivity index (χ2n) is 9.12. The van der Waals surface area contributed by atoms with Gasteiger partial charge in [0, 0.05) is 35.4 Å². The minimum absolute atomic E-state index is 0.0799. The van der Waals surface area contributed by atoms with Crippen molar-refractivity contribution >= 4 is 17.7 Å². The molecule has 0 bridgehead atoms. The zero-order valence-corrected chi connectivity index (χ0v) is 17.5. The van der Waals surface area contributed by atoms with Crippen LogP contribution in [0.2, 0.25) is 0 Å². The molecule has 6 heteroatoms. The maximum absolute atomic E-state index is 13.6. The largest absolute Gasteiger partial charge is 0.339 e. The van der Waals surface area contributed by atoms with E-state index in [1.807, 2.05) is 11.8 Å². The van der Waals surface area contributed by atoms with Crippen molar-refractivity contribution in [1.82, 2.24) is 15.8 Å². The van der Waals surface area contributed by atoms with Crippen molar-refractivity contribution in [3.05, 3.63) is 0 Å². The highest BCUT2D eigenvalue weighted by molar-refractivity contribution is 7.99. The lowest BCUT2D eigenvalue weighted by atomic mass is 9.78. The van der Waals surface area contributed by atoms with Gasteiger partial charge in [-0.05, 0) is 50.9 Å². The molecule has 0 aromatic heterocycles. The molecule has 154 valence electrons. The SMILES string of the molecule is CCC(C(=O)NC1C2CSCC2NN1C1CCC(F)CC1)C1CCCCC1. The number of fused-ring (bicyclic) bond motifs is 1. The molecular formula is C21H36FN3OS. The highest BCUT2D eigenvalue weighted by Crippen LogP contribution is 2.38. The average Bonchev–Trinajstić information content (AvgIpc) is 3.27. The lowest BCUT2D eigenvalue weighted by molar-refractivity contribution is -0.130. The number of hydrogen-bond acceptors (Lipinski definition) is 4. The van der Waals surface area contributed by atoms with Gasteiger partial charge in [0.05, 0.1) is 0 Å². The van der Waals surface area contributed by atoms with Gasteiger partial charge < -0.3 is 5.32 Å². The van der Waals surface area contributed by atoms with Crippen molar-refractivity contribution in [2.75, 3.05) is 11.5 Å². The molecular weight excluding hydrogens is 361 g/mol. The van der Waals surface area contributed by atoms with Crippen molar-refractivity contribution in [3.8, 4) is 0 Å². The van der Waals surface area contributed by atoms with E-state index in [4.69, 9.17) is 0 Å². The van der Waals surface area contributed by atoms with E-state index < -0.39 is 6.17 Å². The summed E-state index contributed by atoms with van der Waals surface area (Å²) in [6.45, 7) is 2.17. The molecule has 0 aromatic rings. The summed E-state index contributed by atoms with van der Waals surface area (Å²) in [5.41, 5.74) is 3.70. The Bertz CT molecular complexity index is 508. The predicted molar refractivity (Wildman–Crippen MR) is 109 cm³/mol. The van der Waals surface area contributed by atoms with Crippen molar-refractivity contribution in [1.29, 1.82) is 0 Å². The van der Waals surface area contributed by atoms with Gasteiger partial charge in [0.2, 0.25) is 5.91 Å². The first-order valence-corrected chi connectivity index (χ1v) is 12.4. The number of alkyl halides is 1. The Hall–Kier alpha value is -0.330. The molecule has 4 aliphatic rings. The van der Waals surface area contributed by atoms with Crippen LogP contribution in [0.5, 0.6) is 0 Å². The van der Waals surface area contributed by atoms with Gasteiger partial charge in [-0.3, -0.25) is 4.79 Å². The Morgan fingerprint density at radius 2 is 1.89 bits per heavy atom. The second kappa shape index (κ2) is 9.00. The Labute approximate surface area is 167 Å². The first-order valence-electron chi connectivity index (χ1n) is 11.2. The van der Waals surface area contributed by atoms with E-state index in [1.165, 1.54) is 32.1 Å². The third kappa shape index (κ3) is 4.32. The van der Waals surface area contributed by atoms with Gasteiger partial charge in [-0.25, -0.2) is 14.8 Å². The monoisotopic (exact) mass is 397 g/mol. The molecule has 2 heterocycles. The number of nitrogens with one attached hydrogen (secondary N) is 2. The number of thioether (sulfide) groups is 1. The third-order valence-corrected chi connectivity index (χ3v) is 8.67. The smallest absolute Gasteiger partial charge is 0.224 e. The summed E-state index contributed by atoms with van der Waals surface area (Å²) < 4.78 is 13.6. The van der Waals surface area contributed by atoms with Crippen molar-refractivity contribution in [2.45, 2.75) is 95.6 Å². The van der Waals surface area contributed by atoms with Crippen LogP contribution in [0.1, 0.15) is 71.1 Å². The van der Waals surface area contributed by atoms with E-state index in [2.05, 4.69) is 22.7 Å². The van der Waals surface area contributed by atoms with Crippen molar-refractivity contribution < 1.29 is 9.18 Å². The quantitative estimate of drug-likeness (QED) is 0.739. The Kier molecular flexibility index (Phi) is 6.65. The van der Waals surface area contributed by atoms with Gasteiger partial charge >= 0.3 is 0 Å². The number of amides is 1. The standard InChI is InChI=1S/C21H36FN3OS/c1-2-17(14-6-4-3-5-7-14)21(26)23-20-18-12-27-13-19(18)24-25(20)16-10-8-15(22)9-11-16/h14-20,24H,2-13H2,1H3,(H,23,26). The van der Waals surface area contributed by atoms with E-state index >= 15 is 0 Å². The van der Waals surface area contributed by atoms with Gasteiger partial charge in [-0.15, -0.1) is 0 Å². The summed E-state index contributed by atoms with van der Waals surface area (Å²) in [4.78, 5) is 13.3. The Morgan fingerprint density at radius 3 is 2.59 bits per heavy atom. The van der Waals surface area contributed by atoms with E-state index in [0.29, 0.717) is 36.8 Å². The van der Waals surface area contributed by atoms with E-state index in [-0.39, 0.29) is 18.0 Å². The normalized spacial score (nSPS) is 39.3. The zero-order chi connectivity index (χ0) is 18.8. The molecule has 2 saturated heterocycles. The fraction of sp³-hybridized carbons (Fsp3) is 0.952. The molecule has 4 fully saturated rings. The topological polar surface area (TPSA) is 44.4 Å². The minimum Gasteiger partial charge on any atom is -0.339 e. The van der Waals surface area contributed by atoms with Crippen molar-refractivity contribution in [3.63, 3.8) is 0 Å². The first kappa shape index (κ1) is 20.0. The molecule has 4 rings (SSSR count). The van der Waals surface area contributed by atoms with Crippen LogP contribution in [-0.2, 0) is 4.79 Å². The van der Waals surface area contributed by atoms with Crippen LogP contribution in [0, 0.1) is 17.8 Å². The molecule has 27 heavy (non-hydrogen) atoms. The zero-order valence-electron chi connectivity index (χ0n) is 16.7. The number of nitrogens with zero attached hydrogens (tertiary/aromatic N) is 1. The average molecular weight is 398 g/mol. The summed E-state index contributed by atoms with van der Waals surface area (Å²) in [6, 6.07) is 0.811. The number of rotatable bonds is 5. The summed E-state index contributed by atoms with van der Waals surface area (Å²) in [7, 11) is 0. The number of hydrogen-bond donors (Lipinski definition) is 2. The van der Waals surface area contributed by atoms with Crippen LogP contribution in [0.3, 0.4) is 0 Å². The molecule has 4 atom stereocenters. The number of carbonyl (C=O) groups is 1. The summed E-state index contributed by atoms with van der Waals surface area (Å²) in [6.07, 6.45) is 9.79. The van der Waals surface area contributed by atoms with Crippen LogP contribution in [0.4, 0.5) is 4.39 Å². The van der Waals surface area contributed by atoms with Crippen LogP contribution in [-0.4, -0.2) is 46.8 Å². The fourth-order valence-electron chi connectivity index (χ4n) is 5.84. The third-order valence-electron chi connectivity index (χ3n) is 7.45. The predicted octanol–water partition coefficient (Wildman–Crippen LogP) is 3.87. The second-order valence-corrected chi connectivity index (χ2v) is 10.2. The summed E-state index contributed by atoms with van der Waals surface area (Å²) in [5.74, 6) is 3.68. The van der Waals surface area contributed by atoms with Gasteiger partial charge in [0.1, 0.15) is 12.3 Å². The molecule has 0 spiro atoms. The number of carbonyl (C=O) groups excluding carboxylic acids is 1. The van der Waals surface area contributed by atoms with Crippen LogP contribution >= 0.6 is 11.8 Å². The first-order chi connectivity index (χ1) is 13.2. The molecule has 4 nitrogen and oxygen atoms in total. The van der Waals surface area contributed by atoms with Gasteiger partial charge in [-0.2, -0.15) is 11.8 Å². The highest BCUT2D eigenvalue weighted by atomic mass is 32.2. The van der Waals surface area contributed by atoms with Gasteiger partial charge in [0.15, 0.2) is 0 Å². The van der Waals surface area contributed by atoms with Crippen LogP contribution < -0.4 is 10.7 Å². The van der Waals surface area contributed by atoms with Gasteiger partial charge in [0.25, 0.3) is 0 Å². The molecule has 2 N–H and O–H groups in total. The Balaban J connectivity index is 1.44. The molecule has 2 aliphatic carbocycles. The molecule has 1 amide bonds. The molecule has 4 unspecified atom stereocenters. The molecule has 0 aromatic carbocycles. The van der Waals surface area contributed by atoms with E-state index in [9.17, 15) is 9.18 Å². The minimum atomic E-state index is -0.636. The highest BCUT2D eigenvalue weighted by Gasteiger charge is 2.48. The lowest BCUT2D eigenvalue weighted by Crippen LogP contribution is -2.56. The Morgan fingerprint density at radius 1 is 1.15 bits per heavy atom. The van der Waals surface area contributed by atoms with Crippen LogP contribution in [0.25, 0.3) is 0 Å². The summed E-state index contributed by atoms with van der Waals surface area (Å²) >= 11 is 1.99. The fourth-order valence-corrected chi connectivity index (χ4v) is 7.24. The summed E-state index contributed by atoms with van der Waals surface area (Å²) in [5, 5.41) is 5.80. The molecule has 2 saturated carbocycles. The van der Waals surface area contributed by atoms with Gasteiger partial charge in [-0.1, -0.05) is 26.2 Å². The number of halogens is 1. The van der Waals surface area contributed by atoms with E-state index in [0.717, 1.165) is 30.8 Å². The number of hydrazine groups is 1. The molecule has 2 aliphatic heterocycles. The van der Waals surface area contributed by atoms with Crippen LogP contribution in [0.15, 0.2) is 0 Å². The maximum atomic E-state index is 13.6. The molecule has 0 radical (unpaired) electrons. The lowest BCUT2D eigenvalue weighted by Gasteiger charge is -2.38. The van der Waals surface area contributed by atoms with E-state index in [1.54, 1.807) is 0 Å².